The zero-order chi connectivity index (χ0) is 19.1. The lowest BCUT2D eigenvalue weighted by molar-refractivity contribution is -1.02. The molecule has 3 fully saturated rings. The van der Waals surface area contributed by atoms with Gasteiger partial charge in [0.25, 0.3) is 0 Å². The number of nitrogens with zero attached hydrogens (tertiary/aromatic N) is 1. The molecule has 4 aliphatic rings. The Hall–Kier alpha value is -2.12. The molecule has 28 heavy (non-hydrogen) atoms. The van der Waals surface area contributed by atoms with Gasteiger partial charge < -0.3 is 19.3 Å². The summed E-state index contributed by atoms with van der Waals surface area (Å²) in [6.07, 6.45) is 3.97. The lowest BCUT2D eigenvalue weighted by Gasteiger charge is -2.31. The monoisotopic (exact) mass is 387 g/mol. The fourth-order valence-electron chi connectivity index (χ4n) is 5.24. The maximum absolute atomic E-state index is 12.7. The van der Waals surface area contributed by atoms with Crippen molar-refractivity contribution in [2.75, 3.05) is 39.6 Å². The minimum absolute atomic E-state index is 0.0291. The Morgan fingerprint density at radius 3 is 2.25 bits per heavy atom. The van der Waals surface area contributed by atoms with Crippen molar-refractivity contribution in [2.24, 2.45) is 11.8 Å². The largest absolute Gasteiger partial charge is 0.454 e. The molecule has 0 aromatic heterocycles. The summed E-state index contributed by atoms with van der Waals surface area (Å²) in [4.78, 5) is 29.8. The van der Waals surface area contributed by atoms with E-state index in [4.69, 9.17) is 9.47 Å². The van der Waals surface area contributed by atoms with Crippen molar-refractivity contribution in [3.63, 3.8) is 0 Å². The third-order valence-electron chi connectivity index (χ3n) is 6.87. The van der Waals surface area contributed by atoms with Crippen molar-refractivity contribution in [1.82, 2.24) is 4.90 Å². The van der Waals surface area contributed by atoms with Crippen molar-refractivity contribution >= 4 is 11.8 Å². The van der Waals surface area contributed by atoms with Crippen LogP contribution >= 0.6 is 0 Å². The molecule has 2 amide bonds. The van der Waals surface area contributed by atoms with Crippen molar-refractivity contribution in [2.45, 2.75) is 32.2 Å². The lowest BCUT2D eigenvalue weighted by atomic mass is 9.81. The van der Waals surface area contributed by atoms with Crippen LogP contribution in [0.5, 0.6) is 11.5 Å². The van der Waals surface area contributed by atoms with E-state index in [0.717, 1.165) is 69.9 Å². The fraction of sp³-hybridized carbons (Fsp3) is 0.619. The van der Waals surface area contributed by atoms with Crippen LogP contribution < -0.4 is 19.3 Å². The summed E-state index contributed by atoms with van der Waals surface area (Å²) < 4.78 is 10.9. The second kappa shape index (κ2) is 7.37. The highest BCUT2D eigenvalue weighted by molar-refractivity contribution is 6.05. The minimum atomic E-state index is -0.0291. The van der Waals surface area contributed by atoms with Gasteiger partial charge in [-0.1, -0.05) is 12.8 Å². The highest BCUT2D eigenvalue weighted by Gasteiger charge is 2.49. The van der Waals surface area contributed by atoms with E-state index in [0.29, 0.717) is 13.5 Å². The van der Waals surface area contributed by atoms with Gasteiger partial charge in [0.05, 0.1) is 11.8 Å². The van der Waals surface area contributed by atoms with Crippen LogP contribution in [0, 0.1) is 11.8 Å². The van der Waals surface area contributed by atoms with E-state index in [1.165, 1.54) is 15.4 Å². The molecule has 3 aliphatic heterocycles. The highest BCUT2D eigenvalue weighted by atomic mass is 16.7. The zero-order valence-electron chi connectivity index (χ0n) is 16.2. The van der Waals surface area contributed by atoms with Crippen molar-refractivity contribution in [1.29, 1.82) is 0 Å². The quantitative estimate of drug-likeness (QED) is 0.640. The van der Waals surface area contributed by atoms with Crippen LogP contribution in [0.2, 0.25) is 0 Å². The van der Waals surface area contributed by atoms with Crippen LogP contribution in [0.3, 0.4) is 0 Å². The second-order valence-electron chi connectivity index (χ2n) is 8.62. The predicted octanol–water partition coefficient (Wildman–Crippen LogP) is -1.17. The molecule has 1 aliphatic carbocycles. The van der Waals surface area contributed by atoms with Gasteiger partial charge in [0, 0.05) is 5.56 Å². The number of quaternary nitrogens is 2. The number of ether oxygens (including phenoxy) is 2. The SMILES string of the molecule is O=C1[C@@H]2CCCC[C@H]2C(=O)N1C[NH+]1CC[NH+](Cc2ccc3c(c2)OCO3)CC1. The number of carbonyl (C=O) groups is 2. The number of carbonyl (C=O) groups excluding carboxylic acids is 2. The topological polar surface area (TPSA) is 64.7 Å². The van der Waals surface area contributed by atoms with E-state index in [1.807, 2.05) is 6.07 Å². The van der Waals surface area contributed by atoms with Crippen LogP contribution in [0.25, 0.3) is 0 Å². The van der Waals surface area contributed by atoms with Gasteiger partial charge in [0.1, 0.15) is 32.7 Å². The maximum atomic E-state index is 12.7. The molecule has 0 bridgehead atoms. The summed E-state index contributed by atoms with van der Waals surface area (Å²) in [7, 11) is 0. The van der Waals surface area contributed by atoms with E-state index in [9.17, 15) is 9.59 Å². The summed E-state index contributed by atoms with van der Waals surface area (Å²) in [6.45, 7) is 5.92. The third kappa shape index (κ3) is 3.26. The van der Waals surface area contributed by atoms with E-state index in [1.54, 1.807) is 4.90 Å². The molecule has 1 aromatic carbocycles. The van der Waals surface area contributed by atoms with Crippen LogP contribution in [0.4, 0.5) is 0 Å². The van der Waals surface area contributed by atoms with Crippen LogP contribution in [0.1, 0.15) is 31.2 Å². The number of hydrogen-bond acceptors (Lipinski definition) is 4. The fourth-order valence-corrected chi connectivity index (χ4v) is 5.24. The molecule has 2 saturated heterocycles. The Morgan fingerprint density at radius 2 is 1.54 bits per heavy atom. The van der Waals surface area contributed by atoms with Crippen molar-refractivity contribution < 1.29 is 28.9 Å². The van der Waals surface area contributed by atoms with E-state index in [2.05, 4.69) is 12.1 Å². The molecule has 1 aromatic rings. The molecule has 0 unspecified atom stereocenters. The average Bonchev–Trinajstić information content (AvgIpc) is 3.28. The first-order valence-electron chi connectivity index (χ1n) is 10.6. The van der Waals surface area contributed by atoms with Gasteiger partial charge in [-0.15, -0.1) is 0 Å². The highest BCUT2D eigenvalue weighted by Crippen LogP contribution is 2.37. The Morgan fingerprint density at radius 1 is 0.893 bits per heavy atom. The number of piperazine rings is 1. The number of likely N-dealkylation sites (tertiary alicyclic amines) is 1. The summed E-state index contributed by atoms with van der Waals surface area (Å²) in [6, 6.07) is 6.18. The smallest absolute Gasteiger partial charge is 0.237 e. The number of nitrogens with one attached hydrogen (secondary N) is 2. The average molecular weight is 387 g/mol. The van der Waals surface area contributed by atoms with Gasteiger partial charge in [0.15, 0.2) is 18.2 Å². The second-order valence-corrected chi connectivity index (χ2v) is 8.62. The molecule has 2 atom stereocenters. The first-order chi connectivity index (χ1) is 13.7. The van der Waals surface area contributed by atoms with Gasteiger partial charge in [-0.25, -0.2) is 4.90 Å². The summed E-state index contributed by atoms with van der Waals surface area (Å²) >= 11 is 0. The number of benzene rings is 1. The zero-order valence-corrected chi connectivity index (χ0v) is 16.2. The van der Waals surface area contributed by atoms with Crippen LogP contribution in [-0.4, -0.2) is 56.4 Å². The van der Waals surface area contributed by atoms with Crippen LogP contribution in [0.15, 0.2) is 18.2 Å². The molecule has 150 valence electrons. The Bertz CT molecular complexity index is 751. The maximum Gasteiger partial charge on any atom is 0.237 e. The number of fused-ring (bicyclic) bond motifs is 2. The summed E-state index contributed by atoms with van der Waals surface area (Å²) in [5.41, 5.74) is 1.26. The molecule has 7 heteroatoms. The van der Waals surface area contributed by atoms with Gasteiger partial charge in [-0.05, 0) is 31.0 Å². The molecule has 0 spiro atoms. The summed E-state index contributed by atoms with van der Waals surface area (Å²) in [5.74, 6) is 1.80. The molecule has 3 heterocycles. The number of hydrogen-bond donors (Lipinski definition) is 2. The normalized spacial score (nSPS) is 31.9. The predicted molar refractivity (Wildman–Crippen MR) is 99.8 cm³/mol. The number of rotatable bonds is 4. The molecule has 5 rings (SSSR count). The molecular formula is C21H29N3O4+2. The first kappa shape index (κ1) is 17.9. The molecule has 2 N–H and O–H groups in total. The Labute approximate surface area is 165 Å². The Kier molecular flexibility index (Phi) is 4.72. The lowest BCUT2D eigenvalue weighted by Crippen LogP contribution is -3.28. The summed E-state index contributed by atoms with van der Waals surface area (Å²) in [5, 5.41) is 0. The molecular weight excluding hydrogens is 358 g/mol. The van der Waals surface area contributed by atoms with Gasteiger partial charge >= 0.3 is 0 Å². The van der Waals surface area contributed by atoms with E-state index < -0.39 is 0 Å². The minimum Gasteiger partial charge on any atom is -0.454 e. The van der Waals surface area contributed by atoms with E-state index in [-0.39, 0.29) is 23.7 Å². The number of imide groups is 1. The van der Waals surface area contributed by atoms with Crippen molar-refractivity contribution in [3.05, 3.63) is 23.8 Å². The van der Waals surface area contributed by atoms with Gasteiger partial charge in [-0.3, -0.25) is 9.59 Å². The standard InChI is InChI=1S/C21H27N3O4/c25-20-16-3-1-2-4-17(16)21(26)24(20)13-23-9-7-22(8-10-23)12-15-5-6-18-19(11-15)28-14-27-18/h5-6,11,16-17H,1-4,7-10,12-14H2/p+2/t16-,17-/m1/s1. The third-order valence-corrected chi connectivity index (χ3v) is 6.87. The Balaban J connectivity index is 1.14. The number of amides is 2. The van der Waals surface area contributed by atoms with Gasteiger partial charge in [-0.2, -0.15) is 0 Å². The molecule has 0 radical (unpaired) electrons. The molecule has 7 nitrogen and oxygen atoms in total. The van der Waals surface area contributed by atoms with Crippen molar-refractivity contribution in [3.8, 4) is 11.5 Å². The van der Waals surface area contributed by atoms with Crippen LogP contribution in [-0.2, 0) is 16.1 Å². The first-order valence-corrected chi connectivity index (χ1v) is 10.6. The molecule has 1 saturated carbocycles. The van der Waals surface area contributed by atoms with Gasteiger partial charge in [0.2, 0.25) is 18.6 Å². The van der Waals surface area contributed by atoms with E-state index >= 15 is 0 Å².